The van der Waals surface area contributed by atoms with Gasteiger partial charge in [-0.2, -0.15) is 0 Å². The third kappa shape index (κ3) is 4.51. The van der Waals surface area contributed by atoms with E-state index in [1.54, 1.807) is 19.2 Å². The van der Waals surface area contributed by atoms with Crippen molar-refractivity contribution in [2.24, 2.45) is 17.3 Å². The van der Waals surface area contributed by atoms with Crippen molar-refractivity contribution in [2.75, 3.05) is 20.3 Å². The van der Waals surface area contributed by atoms with Gasteiger partial charge >= 0.3 is 18.0 Å². The summed E-state index contributed by atoms with van der Waals surface area (Å²) in [6.45, 7) is 3.64. The fourth-order valence-corrected chi connectivity index (χ4v) is 7.93. The van der Waals surface area contributed by atoms with Gasteiger partial charge in [-0.05, 0) is 36.1 Å². The molecule has 0 radical (unpaired) electrons. The molecule has 1 unspecified atom stereocenters. The summed E-state index contributed by atoms with van der Waals surface area (Å²) in [6.07, 6.45) is -0.209. The molecule has 214 valence electrons. The molecule has 3 atom stereocenters. The standard InChI is InChI=1S/C29H27ClN2O8S/c1-29(2)12-40-27(36)23(29)16-8-14(26(34)35)9-18-21(16)22-20(13-4-6-15(38-3)7-5-13)24(30)17(31-25(22)41-18)10-32-19(33)11-39-28(32)37/h4-7,14,16,23H,8-12H2,1-3H3,(H,34,35)/t14-,16?,23-/m0/s1. The molecular formula is C29H27ClN2O8S. The molecule has 41 heavy (non-hydrogen) atoms. The largest absolute Gasteiger partial charge is 0.497 e. The number of carboxylic acid groups (broad SMARTS) is 1. The van der Waals surface area contributed by atoms with Crippen LogP contribution in [-0.4, -0.2) is 59.3 Å². The number of cyclic esters (lactones) is 2. The minimum Gasteiger partial charge on any atom is -0.497 e. The summed E-state index contributed by atoms with van der Waals surface area (Å²) >= 11 is 8.43. The van der Waals surface area contributed by atoms with Crippen molar-refractivity contribution in [1.82, 2.24) is 9.88 Å². The van der Waals surface area contributed by atoms with Crippen LogP contribution in [-0.2, 0) is 36.8 Å². The van der Waals surface area contributed by atoms with E-state index in [9.17, 15) is 24.3 Å². The monoisotopic (exact) mass is 598 g/mol. The van der Waals surface area contributed by atoms with E-state index in [0.717, 1.165) is 26.3 Å². The van der Waals surface area contributed by atoms with Crippen LogP contribution in [0.1, 0.15) is 42.3 Å². The quantitative estimate of drug-likeness (QED) is 0.388. The Balaban J connectivity index is 1.61. The topological polar surface area (TPSA) is 132 Å². The van der Waals surface area contributed by atoms with Gasteiger partial charge in [0.05, 0.1) is 42.8 Å². The van der Waals surface area contributed by atoms with E-state index in [1.807, 2.05) is 26.0 Å². The van der Waals surface area contributed by atoms with E-state index in [0.29, 0.717) is 21.8 Å². The second kappa shape index (κ2) is 9.99. The molecule has 2 aromatic heterocycles. The smallest absolute Gasteiger partial charge is 0.417 e. The van der Waals surface area contributed by atoms with Crippen molar-refractivity contribution in [3.8, 4) is 16.9 Å². The summed E-state index contributed by atoms with van der Waals surface area (Å²) in [5.41, 5.74) is 2.04. The second-order valence-corrected chi connectivity index (χ2v) is 12.7. The number of methoxy groups -OCH3 is 1. The third-order valence-corrected chi connectivity index (χ3v) is 9.79. The number of aromatic nitrogens is 1. The Kier molecular flexibility index (Phi) is 6.69. The number of benzene rings is 1. The van der Waals surface area contributed by atoms with Crippen molar-refractivity contribution in [3.05, 3.63) is 45.4 Å². The van der Waals surface area contributed by atoms with Crippen molar-refractivity contribution < 1.29 is 38.5 Å². The van der Waals surface area contributed by atoms with Crippen LogP contribution in [0.2, 0.25) is 5.02 Å². The Morgan fingerprint density at radius 1 is 1.22 bits per heavy atom. The number of hydrogen-bond acceptors (Lipinski definition) is 9. The van der Waals surface area contributed by atoms with E-state index in [2.05, 4.69) is 0 Å². The normalized spacial score (nSPS) is 23.5. The first-order valence-electron chi connectivity index (χ1n) is 13.1. The predicted octanol–water partition coefficient (Wildman–Crippen LogP) is 5.03. The van der Waals surface area contributed by atoms with Gasteiger partial charge in [-0.25, -0.2) is 14.7 Å². The summed E-state index contributed by atoms with van der Waals surface area (Å²) in [5, 5.41) is 11.0. The van der Waals surface area contributed by atoms with Crippen LogP contribution in [0.25, 0.3) is 21.3 Å². The summed E-state index contributed by atoms with van der Waals surface area (Å²) in [5.74, 6) is -2.78. The van der Waals surface area contributed by atoms with E-state index in [1.165, 1.54) is 11.3 Å². The van der Waals surface area contributed by atoms with Gasteiger partial charge in [-0.1, -0.05) is 37.6 Å². The first-order valence-corrected chi connectivity index (χ1v) is 14.3. The second-order valence-electron chi connectivity index (χ2n) is 11.3. The maximum Gasteiger partial charge on any atom is 0.417 e. The van der Waals surface area contributed by atoms with Crippen molar-refractivity contribution in [2.45, 2.75) is 39.2 Å². The molecule has 3 aromatic rings. The van der Waals surface area contributed by atoms with Gasteiger partial charge in [-0.3, -0.25) is 14.4 Å². The third-order valence-electron chi connectivity index (χ3n) is 8.26. The molecule has 2 aliphatic heterocycles. The summed E-state index contributed by atoms with van der Waals surface area (Å²) in [7, 11) is 1.57. The lowest BCUT2D eigenvalue weighted by molar-refractivity contribution is -0.145. The number of amides is 2. The van der Waals surface area contributed by atoms with E-state index < -0.39 is 41.1 Å². The molecule has 4 heterocycles. The lowest BCUT2D eigenvalue weighted by Gasteiger charge is -2.35. The van der Waals surface area contributed by atoms with Gasteiger partial charge in [0, 0.05) is 27.2 Å². The van der Waals surface area contributed by atoms with E-state index in [-0.39, 0.29) is 43.6 Å². The highest BCUT2D eigenvalue weighted by molar-refractivity contribution is 7.19. The maximum absolute atomic E-state index is 13.1. The molecule has 10 nitrogen and oxygen atoms in total. The Hall–Kier alpha value is -3.70. The SMILES string of the molecule is COc1ccc(-c2c(Cl)c(CN3C(=O)COC3=O)nc3sc4c(c23)C([C@H]2C(=O)OCC2(C)C)C[C@H](C(=O)O)C4)cc1. The molecule has 3 aliphatic rings. The average Bonchev–Trinajstić information content (AvgIpc) is 3.56. The van der Waals surface area contributed by atoms with Gasteiger partial charge in [-0.15, -0.1) is 11.3 Å². The number of thiophene rings is 1. The van der Waals surface area contributed by atoms with E-state index >= 15 is 0 Å². The molecule has 2 saturated heterocycles. The first kappa shape index (κ1) is 27.5. The number of imide groups is 1. The van der Waals surface area contributed by atoms with Crippen LogP contribution in [0, 0.1) is 17.3 Å². The number of carbonyl (C=O) groups is 4. The summed E-state index contributed by atoms with van der Waals surface area (Å²) < 4.78 is 15.7. The fourth-order valence-electron chi connectivity index (χ4n) is 6.27. The fraction of sp³-hybridized carbons (Fsp3) is 0.414. The highest BCUT2D eigenvalue weighted by Crippen LogP contribution is 2.55. The van der Waals surface area contributed by atoms with Crippen LogP contribution >= 0.6 is 22.9 Å². The molecule has 0 saturated carbocycles. The number of nitrogens with zero attached hydrogens (tertiary/aromatic N) is 2. The lowest BCUT2D eigenvalue weighted by Crippen LogP contribution is -2.35. The molecule has 2 amide bonds. The van der Waals surface area contributed by atoms with Crippen LogP contribution < -0.4 is 4.74 Å². The number of rotatable bonds is 6. The Bertz CT molecular complexity index is 1600. The lowest BCUT2D eigenvalue weighted by atomic mass is 9.65. The number of ether oxygens (including phenoxy) is 3. The number of hydrogen-bond donors (Lipinski definition) is 1. The zero-order valence-electron chi connectivity index (χ0n) is 22.6. The highest BCUT2D eigenvalue weighted by atomic mass is 35.5. The van der Waals surface area contributed by atoms with Gasteiger partial charge < -0.3 is 19.3 Å². The Morgan fingerprint density at radius 3 is 2.54 bits per heavy atom. The van der Waals surface area contributed by atoms with Crippen molar-refractivity contribution in [3.63, 3.8) is 0 Å². The molecule has 1 aliphatic carbocycles. The molecule has 1 N–H and O–H groups in total. The number of carbonyl (C=O) groups excluding carboxylic acids is 3. The van der Waals surface area contributed by atoms with Gasteiger partial charge in [0.1, 0.15) is 10.6 Å². The van der Waals surface area contributed by atoms with Crippen LogP contribution in [0.5, 0.6) is 5.75 Å². The molecule has 12 heteroatoms. The highest BCUT2D eigenvalue weighted by Gasteiger charge is 2.52. The predicted molar refractivity (Wildman–Crippen MR) is 149 cm³/mol. The van der Waals surface area contributed by atoms with Gasteiger partial charge in [0.2, 0.25) is 0 Å². The Morgan fingerprint density at radius 2 is 1.95 bits per heavy atom. The number of fused-ring (bicyclic) bond motifs is 3. The van der Waals surface area contributed by atoms with Gasteiger partial charge in [0.25, 0.3) is 5.91 Å². The molecule has 2 fully saturated rings. The zero-order chi connectivity index (χ0) is 29.2. The van der Waals surface area contributed by atoms with Crippen molar-refractivity contribution >= 4 is 57.1 Å². The number of carboxylic acids is 1. The van der Waals surface area contributed by atoms with Crippen LogP contribution in [0.15, 0.2) is 24.3 Å². The van der Waals surface area contributed by atoms with Gasteiger partial charge in [0.15, 0.2) is 6.61 Å². The number of pyridine rings is 1. The molecule has 6 rings (SSSR count). The van der Waals surface area contributed by atoms with Crippen LogP contribution in [0.3, 0.4) is 0 Å². The number of halogens is 1. The number of esters is 1. The molecule has 0 spiro atoms. The maximum atomic E-state index is 13.1. The average molecular weight is 599 g/mol. The number of aliphatic carboxylic acids is 1. The molecule has 0 bridgehead atoms. The minimum absolute atomic E-state index is 0.179. The van der Waals surface area contributed by atoms with E-state index in [4.69, 9.17) is 30.8 Å². The van der Waals surface area contributed by atoms with Crippen LogP contribution in [0.4, 0.5) is 4.79 Å². The zero-order valence-corrected chi connectivity index (χ0v) is 24.1. The van der Waals surface area contributed by atoms with Crippen molar-refractivity contribution in [1.29, 1.82) is 0 Å². The summed E-state index contributed by atoms with van der Waals surface area (Å²) in [6, 6.07) is 7.31. The summed E-state index contributed by atoms with van der Waals surface area (Å²) in [4.78, 5) is 57.1. The minimum atomic E-state index is -0.921. The molecule has 1 aromatic carbocycles. The first-order chi connectivity index (χ1) is 19.5. The molecular weight excluding hydrogens is 572 g/mol. The Labute approximate surface area is 244 Å².